The quantitative estimate of drug-likeness (QED) is 0.0306. The van der Waals surface area contributed by atoms with Crippen molar-refractivity contribution in [1.29, 1.82) is 0 Å². The summed E-state index contributed by atoms with van der Waals surface area (Å²) in [5.74, 6) is -3.75. The molecule has 31 N–H and O–H groups in total. The fourth-order valence-electron chi connectivity index (χ4n) is 15.9. The maximum Gasteiger partial charge on any atom is 0.217 e. The number of ether oxygens (including phenoxy) is 19. The summed E-state index contributed by atoms with van der Waals surface area (Å²) in [5.41, 5.74) is 0. The Morgan fingerprint density at radius 2 is 0.508 bits per heavy atom. The Morgan fingerprint density at radius 1 is 0.230 bits per heavy atom. The van der Waals surface area contributed by atoms with Gasteiger partial charge >= 0.3 is 0 Å². The molecule has 0 aromatic heterocycles. The first-order valence-electron chi connectivity index (χ1n) is 39.0. The molecule has 4 amide bonds. The van der Waals surface area contributed by atoms with Crippen molar-refractivity contribution < 1.29 is 247 Å². The predicted molar refractivity (Wildman–Crippen MR) is 375 cm³/mol. The summed E-state index contributed by atoms with van der Waals surface area (Å²) < 4.78 is 114. The summed E-state index contributed by atoms with van der Waals surface area (Å²) in [4.78, 5) is 51.8. The van der Waals surface area contributed by atoms with Crippen LogP contribution in [0.15, 0.2) is 0 Å². The van der Waals surface area contributed by atoms with Gasteiger partial charge in [-0.2, -0.15) is 0 Å². The lowest BCUT2D eigenvalue weighted by Gasteiger charge is -2.52. The van der Waals surface area contributed by atoms with Gasteiger partial charge in [0.05, 0.1) is 65.6 Å². The minimum Gasteiger partial charge on any atom is -0.394 e. The molecule has 50 atom stereocenters. The van der Waals surface area contributed by atoms with Gasteiger partial charge in [-0.15, -0.1) is 0 Å². The monoisotopic (exact) mass is 1790 g/mol. The molecule has 0 radical (unpaired) electrons. The van der Waals surface area contributed by atoms with E-state index in [1.807, 2.05) is 0 Å². The van der Waals surface area contributed by atoms with E-state index < -0.39 is 390 Å². The number of hydrogen-bond donors (Lipinski definition) is 31. The van der Waals surface area contributed by atoms with Crippen molar-refractivity contribution >= 4 is 23.6 Å². The van der Waals surface area contributed by atoms with Crippen molar-refractivity contribution in [3.8, 4) is 0 Å². The van der Waals surface area contributed by atoms with Crippen LogP contribution >= 0.6 is 0 Å². The predicted octanol–water partition coefficient (Wildman–Crippen LogP) is -21.2. The van der Waals surface area contributed by atoms with E-state index in [0.717, 1.165) is 27.7 Å². The first-order chi connectivity index (χ1) is 57.7. The van der Waals surface area contributed by atoms with Crippen molar-refractivity contribution in [1.82, 2.24) is 21.3 Å². The highest BCUT2D eigenvalue weighted by Gasteiger charge is 2.62. The third-order valence-corrected chi connectivity index (χ3v) is 22.4. The molecule has 54 nitrogen and oxygen atoms in total. The Morgan fingerprint density at radius 3 is 0.934 bits per heavy atom. The zero-order chi connectivity index (χ0) is 89.8. The largest absolute Gasteiger partial charge is 0.394 e. The lowest BCUT2D eigenvalue weighted by molar-refractivity contribution is -0.403. The molecule has 0 spiro atoms. The molecular formula is C68H114N4O50. The summed E-state index contributed by atoms with van der Waals surface area (Å²) in [6, 6.07) is -7.63. The Bertz CT molecular complexity index is 3290. The molecule has 10 rings (SSSR count). The SMILES string of the molecule is CC(=O)N[C@H]1[C@H](O[C@H]2[C@H](O)[C@@H](NC(C)=O)C(O)O[C@@H]2CO)O[C@H](CO)[C@@H](O[C@@H]2O[C@H](CO[C@H]3O[C@H](CO)[C@@H](O)[C@H](O)[C@@H]3O[C@@H]3O[C@H](CO)[C@@H](O[C@@H]4O[C@H](CO)[C@H](O)[C@H](O)[C@H]4O)[C@H](O)[C@H]3NC(C)=O)[C@@H](O)[C@H](O[C@H]3O[C@H](CO)[C@@H](O)[C@H](O)[C@@H]3O[C@@H]3O[C@H](CO)[C@@H](O[C@@H]4O[C@H](CO)[C@H](O)[C@H](O)[C@H]4O)[C@H](O[C@@H]4O[C@@H](C)[C@@H](O)[C@@H](O)[C@H]4O)[C@H]3NC(C)=O)[C@@H]2O)[C@@H]1O. The first kappa shape index (κ1) is 100. The number of amides is 4. The molecule has 1 unspecified atom stereocenters. The van der Waals surface area contributed by atoms with Gasteiger partial charge in [-0.05, 0) is 6.92 Å². The number of rotatable bonds is 31. The van der Waals surface area contributed by atoms with Crippen molar-refractivity contribution in [2.24, 2.45) is 0 Å². The van der Waals surface area contributed by atoms with E-state index in [1.54, 1.807) is 0 Å². The van der Waals surface area contributed by atoms with Gasteiger partial charge in [0.15, 0.2) is 62.9 Å². The molecule has 0 saturated carbocycles. The van der Waals surface area contributed by atoms with Gasteiger partial charge in [-0.25, -0.2) is 0 Å². The molecule has 122 heavy (non-hydrogen) atoms. The smallest absolute Gasteiger partial charge is 0.217 e. The molecule has 0 aliphatic carbocycles. The molecule has 10 heterocycles. The minimum atomic E-state index is -2.64. The number of aliphatic hydroxyl groups excluding tert-OH is 27. The summed E-state index contributed by atoms with van der Waals surface area (Å²) >= 11 is 0. The molecule has 0 aromatic rings. The van der Waals surface area contributed by atoms with Crippen molar-refractivity contribution in [2.75, 3.05) is 59.5 Å². The maximum absolute atomic E-state index is 13.5. The summed E-state index contributed by atoms with van der Waals surface area (Å²) in [6.45, 7) is -5.23. The molecule has 54 heteroatoms. The van der Waals surface area contributed by atoms with Crippen LogP contribution in [0.4, 0.5) is 0 Å². The summed E-state index contributed by atoms with van der Waals surface area (Å²) in [7, 11) is 0. The number of carbonyl (C=O) groups excluding carboxylic acids is 4. The van der Waals surface area contributed by atoms with Crippen LogP contribution in [-0.2, 0) is 109 Å². The van der Waals surface area contributed by atoms with Crippen LogP contribution in [0.3, 0.4) is 0 Å². The average Bonchev–Trinajstić information content (AvgIpc) is 0.766. The second kappa shape index (κ2) is 43.6. The zero-order valence-corrected chi connectivity index (χ0v) is 65.7. The highest BCUT2D eigenvalue weighted by atomic mass is 16.8. The van der Waals surface area contributed by atoms with Crippen LogP contribution < -0.4 is 21.3 Å². The molecule has 10 aliphatic rings. The van der Waals surface area contributed by atoms with Crippen molar-refractivity contribution in [3.05, 3.63) is 0 Å². The van der Waals surface area contributed by atoms with E-state index in [1.165, 1.54) is 6.92 Å². The average molecular weight is 1790 g/mol. The van der Waals surface area contributed by atoms with Gasteiger partial charge in [0.2, 0.25) is 23.6 Å². The summed E-state index contributed by atoms with van der Waals surface area (Å²) in [6.07, 6.45) is -97.0. The highest BCUT2D eigenvalue weighted by molar-refractivity contribution is 5.74. The van der Waals surface area contributed by atoms with Gasteiger partial charge in [-0.1, -0.05) is 0 Å². The first-order valence-corrected chi connectivity index (χ1v) is 39.0. The number of aliphatic hydroxyl groups is 27. The van der Waals surface area contributed by atoms with Crippen LogP contribution in [0.1, 0.15) is 34.6 Å². The van der Waals surface area contributed by atoms with Gasteiger partial charge in [0, 0.05) is 27.7 Å². The topological polar surface area (TPSA) is 838 Å². The van der Waals surface area contributed by atoms with E-state index in [-0.39, 0.29) is 0 Å². The molecular weight excluding hydrogens is 1670 g/mol. The molecule has 706 valence electrons. The van der Waals surface area contributed by atoms with E-state index in [9.17, 15) is 157 Å². The van der Waals surface area contributed by atoms with Crippen LogP contribution in [-0.4, -0.2) is 528 Å². The lowest BCUT2D eigenvalue weighted by Crippen LogP contribution is -2.71. The van der Waals surface area contributed by atoms with E-state index in [0.29, 0.717) is 0 Å². The van der Waals surface area contributed by atoms with Gasteiger partial charge in [-0.3, -0.25) is 19.2 Å². The lowest BCUT2D eigenvalue weighted by atomic mass is 9.93. The summed E-state index contributed by atoms with van der Waals surface area (Å²) in [5, 5.41) is 311. The molecule has 10 fully saturated rings. The Hall–Kier alpha value is -3.96. The standard InChI is InChI=1S/C68H114N4O50/c1-15-33(85)42(94)47(99)63(105-15)119-55-32(72-19(5)84)62(113-27(13-80)54(55)118-65-49(101)44(96)35(87)21(7-74)108-65)122-58-46(98)37(89)23(9-76)110-68(58)120-56-38(90)28(114-66(50(56)102)117-53-26(12-79)111-60(30(40(53)92)70-17(3)82)115-51-24(10-77)106-59(103)29(39(51)91)69-16(2)81)14-104-67-57(45(97)36(88)22(8-75)109-67)121-61-31(71-18(4)83)41(93)52(25(11-78)112-61)116-64-48(100)43(95)34(86)20(6-73)107-64/h15,20-68,73-80,85-103H,6-14H2,1-5H3,(H,69,81)(H,70,82)(H,71,83)(H,72,84)/t15-,20+,21+,22+,23+,24+,25+,26+,27+,28+,29+,30+,31+,32+,33+,34-,35-,36+,37+,38+,39+,40+,41+,42+,43-,44-,45-,46-,47+,48+,49+,50-,51+,52+,53+,54+,55+,56-,57-,58-,59?,60-,61-,62-,63-,64-,65-,66-,67-,68+/m0/s1. The minimum absolute atomic E-state index is 0.803. The number of nitrogens with one attached hydrogen (secondary N) is 4. The van der Waals surface area contributed by atoms with E-state index >= 15 is 0 Å². The van der Waals surface area contributed by atoms with E-state index in [2.05, 4.69) is 21.3 Å². The molecule has 10 saturated heterocycles. The van der Waals surface area contributed by atoms with Gasteiger partial charge < -0.3 is 249 Å². The second-order valence-electron chi connectivity index (χ2n) is 31.0. The number of hydrogen-bond acceptors (Lipinski definition) is 50. The molecule has 0 aromatic carbocycles. The maximum atomic E-state index is 13.5. The Balaban J connectivity index is 1.01. The second-order valence-corrected chi connectivity index (χ2v) is 31.0. The van der Waals surface area contributed by atoms with Gasteiger partial charge in [0.25, 0.3) is 0 Å². The Kier molecular flexibility index (Phi) is 35.8. The third kappa shape index (κ3) is 21.9. The fourth-order valence-corrected chi connectivity index (χ4v) is 15.9. The third-order valence-electron chi connectivity index (χ3n) is 22.4. The normalized spacial score (nSPS) is 49.7. The fraction of sp³-hybridized carbons (Fsp3) is 0.941. The molecule has 0 bridgehead atoms. The van der Waals surface area contributed by atoms with Crippen LogP contribution in [0.5, 0.6) is 0 Å². The Labute approximate surface area is 691 Å². The van der Waals surface area contributed by atoms with Gasteiger partial charge in [0.1, 0.15) is 238 Å². The highest BCUT2D eigenvalue weighted by Crippen LogP contribution is 2.41. The van der Waals surface area contributed by atoms with Crippen LogP contribution in [0.25, 0.3) is 0 Å². The zero-order valence-electron chi connectivity index (χ0n) is 65.7. The van der Waals surface area contributed by atoms with E-state index in [4.69, 9.17) is 90.0 Å². The molecule has 10 aliphatic heterocycles. The number of carbonyl (C=O) groups is 4. The van der Waals surface area contributed by atoms with Crippen LogP contribution in [0, 0.1) is 0 Å². The van der Waals surface area contributed by atoms with Crippen LogP contribution in [0.2, 0.25) is 0 Å². The van der Waals surface area contributed by atoms with Crippen molar-refractivity contribution in [2.45, 2.75) is 341 Å². The van der Waals surface area contributed by atoms with Crippen molar-refractivity contribution in [3.63, 3.8) is 0 Å².